The molecule has 0 bridgehead atoms. The van der Waals surface area contributed by atoms with Crippen molar-refractivity contribution in [2.45, 2.75) is 11.3 Å². The van der Waals surface area contributed by atoms with E-state index < -0.39 is 10.0 Å². The van der Waals surface area contributed by atoms with E-state index in [4.69, 9.17) is 0 Å². The van der Waals surface area contributed by atoms with Crippen LogP contribution in [-0.4, -0.2) is 51.9 Å². The molecule has 0 saturated carbocycles. The lowest BCUT2D eigenvalue weighted by molar-refractivity contribution is -0.131. The van der Waals surface area contributed by atoms with Gasteiger partial charge in [0.2, 0.25) is 15.9 Å². The molecule has 0 aromatic heterocycles. The Balaban J connectivity index is 0.00000225. The number of hydrogen-bond acceptors (Lipinski definition) is 4. The molecule has 1 aliphatic rings. The third kappa shape index (κ3) is 4.92. The Morgan fingerprint density at radius 1 is 1.08 bits per heavy atom. The van der Waals surface area contributed by atoms with Crippen molar-refractivity contribution in [1.82, 2.24) is 14.9 Å². The molecule has 25 heavy (non-hydrogen) atoms. The Labute approximate surface area is 154 Å². The zero-order valence-corrected chi connectivity index (χ0v) is 15.4. The van der Waals surface area contributed by atoms with Gasteiger partial charge in [-0.15, -0.1) is 12.4 Å². The number of nitrogens with zero attached hydrogens (tertiary/aromatic N) is 1. The van der Waals surface area contributed by atoms with Gasteiger partial charge in [0.25, 0.3) is 0 Å². The van der Waals surface area contributed by atoms with E-state index >= 15 is 0 Å². The maximum absolute atomic E-state index is 12.4. The Hall–Kier alpha value is -1.67. The Morgan fingerprint density at radius 2 is 1.76 bits per heavy atom. The van der Waals surface area contributed by atoms with E-state index in [2.05, 4.69) is 10.0 Å². The van der Waals surface area contributed by atoms with Crippen molar-refractivity contribution in [1.29, 1.82) is 0 Å². The first-order valence-corrected chi connectivity index (χ1v) is 9.51. The quantitative estimate of drug-likeness (QED) is 0.817. The number of benzene rings is 2. The molecule has 0 spiro atoms. The van der Waals surface area contributed by atoms with E-state index in [1.165, 1.54) is 0 Å². The third-order valence-electron chi connectivity index (χ3n) is 4.13. The topological polar surface area (TPSA) is 78.5 Å². The van der Waals surface area contributed by atoms with Crippen LogP contribution in [0.2, 0.25) is 0 Å². The Morgan fingerprint density at radius 3 is 2.48 bits per heavy atom. The molecule has 2 aromatic rings. The van der Waals surface area contributed by atoms with Gasteiger partial charge >= 0.3 is 0 Å². The first kappa shape index (κ1) is 19.7. The minimum Gasteiger partial charge on any atom is -0.340 e. The maximum Gasteiger partial charge on any atom is 0.240 e. The fraction of sp³-hybridized carbons (Fsp3) is 0.353. The molecule has 0 radical (unpaired) electrons. The van der Waals surface area contributed by atoms with Crippen LogP contribution in [0, 0.1) is 0 Å². The maximum atomic E-state index is 12.4. The molecule has 136 valence electrons. The minimum atomic E-state index is -3.61. The van der Waals surface area contributed by atoms with E-state index in [-0.39, 0.29) is 36.2 Å². The Kier molecular flexibility index (Phi) is 6.78. The number of rotatable bonds is 5. The van der Waals surface area contributed by atoms with Crippen LogP contribution in [0.4, 0.5) is 0 Å². The summed E-state index contributed by atoms with van der Waals surface area (Å²) in [7, 11) is -3.61. The van der Waals surface area contributed by atoms with Gasteiger partial charge in [-0.05, 0) is 22.9 Å². The van der Waals surface area contributed by atoms with Crippen LogP contribution in [0.1, 0.15) is 6.42 Å². The molecule has 2 aromatic carbocycles. The van der Waals surface area contributed by atoms with Crippen LogP contribution in [-0.2, 0) is 14.8 Å². The monoisotopic (exact) mass is 383 g/mol. The van der Waals surface area contributed by atoms with Gasteiger partial charge in [0, 0.05) is 39.1 Å². The number of halogens is 1. The molecule has 0 unspecified atom stereocenters. The van der Waals surface area contributed by atoms with Crippen molar-refractivity contribution in [2.24, 2.45) is 0 Å². The fourth-order valence-electron chi connectivity index (χ4n) is 2.78. The van der Waals surface area contributed by atoms with Crippen molar-refractivity contribution in [3.63, 3.8) is 0 Å². The van der Waals surface area contributed by atoms with Crippen LogP contribution in [0.3, 0.4) is 0 Å². The second-order valence-electron chi connectivity index (χ2n) is 5.79. The van der Waals surface area contributed by atoms with Crippen LogP contribution in [0.25, 0.3) is 10.8 Å². The van der Waals surface area contributed by atoms with Gasteiger partial charge in [0.1, 0.15) is 0 Å². The smallest absolute Gasteiger partial charge is 0.240 e. The molecule has 6 nitrogen and oxygen atoms in total. The molecule has 1 saturated heterocycles. The molecule has 1 fully saturated rings. The summed E-state index contributed by atoms with van der Waals surface area (Å²) in [4.78, 5) is 14.0. The largest absolute Gasteiger partial charge is 0.340 e. The summed E-state index contributed by atoms with van der Waals surface area (Å²) in [5.41, 5.74) is 0. The van der Waals surface area contributed by atoms with Crippen molar-refractivity contribution >= 4 is 39.1 Å². The average Bonchev–Trinajstić information content (AvgIpc) is 2.62. The highest BCUT2D eigenvalue weighted by Crippen LogP contribution is 2.18. The van der Waals surface area contributed by atoms with Crippen LogP contribution >= 0.6 is 12.4 Å². The molecule has 8 heteroatoms. The van der Waals surface area contributed by atoms with Crippen molar-refractivity contribution in [2.75, 3.05) is 32.7 Å². The summed E-state index contributed by atoms with van der Waals surface area (Å²) < 4.78 is 27.3. The van der Waals surface area contributed by atoms with E-state index in [9.17, 15) is 13.2 Å². The first-order valence-electron chi connectivity index (χ1n) is 8.03. The third-order valence-corrected chi connectivity index (χ3v) is 5.59. The van der Waals surface area contributed by atoms with Crippen molar-refractivity contribution < 1.29 is 13.2 Å². The molecule has 1 amide bonds. The van der Waals surface area contributed by atoms with Crippen LogP contribution in [0.5, 0.6) is 0 Å². The summed E-state index contributed by atoms with van der Waals surface area (Å²) in [5, 5.41) is 5.04. The molecular weight excluding hydrogens is 362 g/mol. The molecule has 2 N–H and O–H groups in total. The normalized spacial score (nSPS) is 15.0. The van der Waals surface area contributed by atoms with Gasteiger partial charge in [-0.3, -0.25) is 4.79 Å². The van der Waals surface area contributed by atoms with Gasteiger partial charge in [-0.25, -0.2) is 13.1 Å². The standard InChI is InChI=1S/C17H21N3O3S.ClH/c21-17(20-11-9-18-10-12-20)7-8-19-24(22,23)16-6-5-14-3-1-2-4-15(14)13-16;/h1-6,13,18-19H,7-12H2;1H. The molecule has 1 heterocycles. The zero-order valence-electron chi connectivity index (χ0n) is 13.8. The van der Waals surface area contributed by atoms with E-state index in [1.807, 2.05) is 24.3 Å². The van der Waals surface area contributed by atoms with E-state index in [0.29, 0.717) is 13.1 Å². The predicted molar refractivity (Wildman–Crippen MR) is 100 cm³/mol. The number of nitrogens with one attached hydrogen (secondary N) is 2. The van der Waals surface area contributed by atoms with Crippen molar-refractivity contribution in [3.8, 4) is 0 Å². The lowest BCUT2D eigenvalue weighted by Gasteiger charge is -2.27. The summed E-state index contributed by atoms with van der Waals surface area (Å²) in [6, 6.07) is 12.6. The number of piperazine rings is 1. The second-order valence-corrected chi connectivity index (χ2v) is 7.55. The van der Waals surface area contributed by atoms with Crippen LogP contribution in [0.15, 0.2) is 47.4 Å². The number of hydrogen-bond donors (Lipinski definition) is 2. The number of carbonyl (C=O) groups is 1. The summed E-state index contributed by atoms with van der Waals surface area (Å²) >= 11 is 0. The summed E-state index contributed by atoms with van der Waals surface area (Å²) in [6.07, 6.45) is 0.173. The number of amides is 1. The number of sulfonamides is 1. The summed E-state index contributed by atoms with van der Waals surface area (Å²) in [6.45, 7) is 3.04. The highest BCUT2D eigenvalue weighted by molar-refractivity contribution is 7.89. The molecule has 0 atom stereocenters. The lowest BCUT2D eigenvalue weighted by Crippen LogP contribution is -2.47. The van der Waals surface area contributed by atoms with Gasteiger partial charge < -0.3 is 10.2 Å². The summed E-state index contributed by atoms with van der Waals surface area (Å²) in [5.74, 6) is -0.0160. The van der Waals surface area contributed by atoms with Gasteiger partial charge in [0.05, 0.1) is 4.90 Å². The second kappa shape index (κ2) is 8.62. The fourth-order valence-corrected chi connectivity index (χ4v) is 3.85. The first-order chi connectivity index (χ1) is 11.6. The highest BCUT2D eigenvalue weighted by atomic mass is 35.5. The van der Waals surface area contributed by atoms with Gasteiger partial charge in [0.15, 0.2) is 0 Å². The highest BCUT2D eigenvalue weighted by Gasteiger charge is 2.18. The van der Waals surface area contributed by atoms with Gasteiger partial charge in [-0.2, -0.15) is 0 Å². The molecule has 0 aliphatic carbocycles. The lowest BCUT2D eigenvalue weighted by atomic mass is 10.1. The van der Waals surface area contributed by atoms with E-state index in [1.54, 1.807) is 23.1 Å². The average molecular weight is 384 g/mol. The minimum absolute atomic E-state index is 0. The zero-order chi connectivity index (χ0) is 17.0. The van der Waals surface area contributed by atoms with E-state index in [0.717, 1.165) is 23.9 Å². The number of fused-ring (bicyclic) bond motifs is 1. The molecule has 1 aliphatic heterocycles. The SMILES string of the molecule is Cl.O=C(CCNS(=O)(=O)c1ccc2ccccc2c1)N1CCNCC1. The van der Waals surface area contributed by atoms with Crippen LogP contribution < -0.4 is 10.0 Å². The number of carbonyl (C=O) groups excluding carboxylic acids is 1. The predicted octanol–water partition coefficient (Wildman–Crippen LogP) is 1.36. The molecule has 3 rings (SSSR count). The van der Waals surface area contributed by atoms with Gasteiger partial charge in [-0.1, -0.05) is 30.3 Å². The molecular formula is C17H22ClN3O3S. The Bertz CT molecular complexity index is 836. The van der Waals surface area contributed by atoms with Crippen molar-refractivity contribution in [3.05, 3.63) is 42.5 Å².